The summed E-state index contributed by atoms with van der Waals surface area (Å²) in [5.74, 6) is 0. The second kappa shape index (κ2) is 5.06. The van der Waals surface area contributed by atoms with Crippen molar-refractivity contribution in [3.8, 4) is 0 Å². The van der Waals surface area contributed by atoms with Crippen molar-refractivity contribution >= 4 is 33.4 Å². The molecule has 17 heavy (non-hydrogen) atoms. The van der Waals surface area contributed by atoms with E-state index in [0.717, 1.165) is 31.5 Å². The zero-order chi connectivity index (χ0) is 12.4. The van der Waals surface area contributed by atoms with Crippen LogP contribution < -0.4 is 5.73 Å². The summed E-state index contributed by atoms with van der Waals surface area (Å²) in [5.41, 5.74) is 8.64. The van der Waals surface area contributed by atoms with E-state index in [1.807, 2.05) is 32.0 Å². The van der Waals surface area contributed by atoms with Crippen molar-refractivity contribution in [1.82, 2.24) is 9.97 Å². The first-order valence-corrected chi connectivity index (χ1v) is 6.70. The lowest BCUT2D eigenvalue weighted by Gasteiger charge is -2.07. The molecular weight excluding hydrogens is 298 g/mol. The third-order valence-electron chi connectivity index (χ3n) is 2.29. The molecule has 0 aliphatic carbocycles. The van der Waals surface area contributed by atoms with Gasteiger partial charge in [0, 0.05) is 26.9 Å². The Morgan fingerprint density at radius 3 is 2.76 bits per heavy atom. The zero-order valence-electron chi connectivity index (χ0n) is 9.57. The smallest absolute Gasteiger partial charge is 0.192 e. The Morgan fingerprint density at radius 1 is 1.29 bits per heavy atom. The molecule has 0 unspecified atom stereocenters. The van der Waals surface area contributed by atoms with E-state index in [1.54, 1.807) is 6.20 Å². The minimum atomic E-state index is 0.745. The highest BCUT2D eigenvalue weighted by molar-refractivity contribution is 9.10. The molecule has 5 heteroatoms. The molecule has 0 fully saturated rings. The van der Waals surface area contributed by atoms with Gasteiger partial charge in [-0.25, -0.2) is 9.97 Å². The topological polar surface area (TPSA) is 51.8 Å². The number of nitrogens with zero attached hydrogens (tertiary/aromatic N) is 2. The van der Waals surface area contributed by atoms with E-state index >= 15 is 0 Å². The van der Waals surface area contributed by atoms with Gasteiger partial charge in [0.1, 0.15) is 0 Å². The standard InChI is InChI=1S/C12H12BrN3S/c1-7-5-11(9(13)6-10(7)14)17-12-15-4-3-8(2)16-12/h3-6H,14H2,1-2H3. The monoisotopic (exact) mass is 309 g/mol. The van der Waals surface area contributed by atoms with E-state index in [4.69, 9.17) is 5.73 Å². The molecule has 1 aromatic heterocycles. The maximum Gasteiger partial charge on any atom is 0.192 e. The van der Waals surface area contributed by atoms with E-state index in [9.17, 15) is 0 Å². The first kappa shape index (κ1) is 12.4. The number of rotatable bonds is 2. The molecule has 88 valence electrons. The van der Waals surface area contributed by atoms with Gasteiger partial charge in [0.2, 0.25) is 0 Å². The Balaban J connectivity index is 2.33. The molecule has 2 aromatic rings. The number of nitrogen functional groups attached to an aromatic ring is 1. The third kappa shape index (κ3) is 2.98. The molecule has 0 bridgehead atoms. The van der Waals surface area contributed by atoms with Gasteiger partial charge < -0.3 is 5.73 Å². The third-order valence-corrected chi connectivity index (χ3v) is 4.15. The number of anilines is 1. The summed E-state index contributed by atoms with van der Waals surface area (Å²) >= 11 is 5.03. The molecule has 1 heterocycles. The first-order valence-electron chi connectivity index (χ1n) is 5.09. The van der Waals surface area contributed by atoms with Crippen LogP contribution >= 0.6 is 27.7 Å². The van der Waals surface area contributed by atoms with Crippen molar-refractivity contribution in [2.45, 2.75) is 23.9 Å². The SMILES string of the molecule is Cc1ccnc(Sc2cc(C)c(N)cc2Br)n1. The van der Waals surface area contributed by atoms with Gasteiger partial charge in [-0.15, -0.1) is 0 Å². The van der Waals surface area contributed by atoms with Crippen LogP contribution in [-0.2, 0) is 0 Å². The summed E-state index contributed by atoms with van der Waals surface area (Å²) in [7, 11) is 0. The second-order valence-corrected chi connectivity index (χ2v) is 5.59. The number of nitrogens with two attached hydrogens (primary N) is 1. The summed E-state index contributed by atoms with van der Waals surface area (Å²) < 4.78 is 0.968. The van der Waals surface area contributed by atoms with Crippen LogP contribution in [0.1, 0.15) is 11.3 Å². The van der Waals surface area contributed by atoms with Crippen LogP contribution in [-0.4, -0.2) is 9.97 Å². The highest BCUT2D eigenvalue weighted by Crippen LogP contribution is 2.34. The van der Waals surface area contributed by atoms with Crippen LogP contribution in [0.4, 0.5) is 5.69 Å². The number of hydrogen-bond acceptors (Lipinski definition) is 4. The quantitative estimate of drug-likeness (QED) is 0.680. The van der Waals surface area contributed by atoms with Crippen molar-refractivity contribution in [3.63, 3.8) is 0 Å². The fourth-order valence-electron chi connectivity index (χ4n) is 1.32. The van der Waals surface area contributed by atoms with E-state index in [-0.39, 0.29) is 0 Å². The molecule has 0 spiro atoms. The Labute approximate surface area is 113 Å². The van der Waals surface area contributed by atoms with Crippen molar-refractivity contribution in [1.29, 1.82) is 0 Å². The molecule has 2 rings (SSSR count). The summed E-state index contributed by atoms with van der Waals surface area (Å²) in [6, 6.07) is 5.83. The molecule has 0 aliphatic heterocycles. The minimum Gasteiger partial charge on any atom is -0.398 e. The molecule has 0 amide bonds. The second-order valence-electron chi connectivity index (χ2n) is 3.72. The summed E-state index contributed by atoms with van der Waals surface area (Å²) in [6.45, 7) is 3.94. The molecule has 0 atom stereocenters. The lowest BCUT2D eigenvalue weighted by molar-refractivity contribution is 0.932. The molecule has 2 N–H and O–H groups in total. The summed E-state index contributed by atoms with van der Waals surface area (Å²) in [5, 5.41) is 0.745. The van der Waals surface area contributed by atoms with Gasteiger partial charge in [-0.3, -0.25) is 0 Å². The molecule has 0 aliphatic rings. The van der Waals surface area contributed by atoms with Gasteiger partial charge >= 0.3 is 0 Å². The zero-order valence-corrected chi connectivity index (χ0v) is 12.0. The largest absolute Gasteiger partial charge is 0.398 e. The van der Waals surface area contributed by atoms with Gasteiger partial charge in [0.25, 0.3) is 0 Å². The maximum atomic E-state index is 5.84. The van der Waals surface area contributed by atoms with Crippen LogP contribution in [0, 0.1) is 13.8 Å². The predicted octanol–water partition coefficient (Wildman–Crippen LogP) is 3.59. The lowest BCUT2D eigenvalue weighted by atomic mass is 10.2. The molecule has 0 radical (unpaired) electrons. The Hall–Kier alpha value is -1.07. The number of aromatic nitrogens is 2. The van der Waals surface area contributed by atoms with Gasteiger partial charge in [-0.2, -0.15) is 0 Å². The van der Waals surface area contributed by atoms with Gasteiger partial charge in [0.15, 0.2) is 5.16 Å². The van der Waals surface area contributed by atoms with Crippen molar-refractivity contribution in [2.75, 3.05) is 5.73 Å². The van der Waals surface area contributed by atoms with Crippen LogP contribution in [0.3, 0.4) is 0 Å². The first-order chi connectivity index (χ1) is 8.06. The van der Waals surface area contributed by atoms with Crippen LogP contribution in [0.5, 0.6) is 0 Å². The van der Waals surface area contributed by atoms with E-state index in [0.29, 0.717) is 0 Å². The number of aryl methyl sites for hydroxylation is 2. The number of halogens is 1. The molecule has 3 nitrogen and oxygen atoms in total. The maximum absolute atomic E-state index is 5.84. The normalized spacial score (nSPS) is 10.5. The average molecular weight is 310 g/mol. The van der Waals surface area contributed by atoms with E-state index < -0.39 is 0 Å². The van der Waals surface area contributed by atoms with Crippen LogP contribution in [0.2, 0.25) is 0 Å². The lowest BCUT2D eigenvalue weighted by Crippen LogP contribution is -1.92. The Kier molecular flexibility index (Phi) is 3.69. The van der Waals surface area contributed by atoms with Crippen molar-refractivity contribution in [2.24, 2.45) is 0 Å². The highest BCUT2D eigenvalue weighted by atomic mass is 79.9. The summed E-state index contributed by atoms with van der Waals surface area (Å²) in [4.78, 5) is 9.66. The summed E-state index contributed by atoms with van der Waals surface area (Å²) in [6.07, 6.45) is 1.77. The van der Waals surface area contributed by atoms with E-state index in [1.165, 1.54) is 11.8 Å². The van der Waals surface area contributed by atoms with E-state index in [2.05, 4.69) is 25.9 Å². The molecule has 0 saturated carbocycles. The number of benzene rings is 1. The molecular formula is C12H12BrN3S. The Bertz CT molecular complexity index is 557. The van der Waals surface area contributed by atoms with Crippen LogP contribution in [0.15, 0.2) is 38.9 Å². The predicted molar refractivity (Wildman–Crippen MR) is 74.2 cm³/mol. The molecule has 0 saturated heterocycles. The van der Waals surface area contributed by atoms with Gasteiger partial charge in [-0.1, -0.05) is 0 Å². The van der Waals surface area contributed by atoms with Crippen molar-refractivity contribution < 1.29 is 0 Å². The minimum absolute atomic E-state index is 0.745. The Morgan fingerprint density at radius 2 is 2.06 bits per heavy atom. The van der Waals surface area contributed by atoms with Crippen LogP contribution in [0.25, 0.3) is 0 Å². The number of hydrogen-bond donors (Lipinski definition) is 1. The van der Waals surface area contributed by atoms with Gasteiger partial charge in [0.05, 0.1) is 0 Å². The molecule has 1 aromatic carbocycles. The fraction of sp³-hybridized carbons (Fsp3) is 0.167. The van der Waals surface area contributed by atoms with Gasteiger partial charge in [-0.05, 0) is 65.3 Å². The fourth-order valence-corrected chi connectivity index (χ4v) is 2.82. The average Bonchev–Trinajstić information content (AvgIpc) is 2.26. The highest BCUT2D eigenvalue weighted by Gasteiger charge is 2.07. The van der Waals surface area contributed by atoms with Crippen molar-refractivity contribution in [3.05, 3.63) is 40.1 Å².